The third-order valence-corrected chi connectivity index (χ3v) is 4.06. The highest BCUT2D eigenvalue weighted by atomic mass is 19.1. The van der Waals surface area contributed by atoms with Crippen LogP contribution >= 0.6 is 0 Å². The topological polar surface area (TPSA) is 36.4 Å². The van der Waals surface area contributed by atoms with E-state index in [-0.39, 0.29) is 11.7 Å². The molecule has 1 aromatic heterocycles. The lowest BCUT2D eigenvalue weighted by molar-refractivity contribution is 0.0618. The molecule has 2 heterocycles. The summed E-state index contributed by atoms with van der Waals surface area (Å²) >= 11 is 0. The first-order valence-electron chi connectivity index (χ1n) is 7.11. The first kappa shape index (κ1) is 14.4. The van der Waals surface area contributed by atoms with Crippen LogP contribution in [0.2, 0.25) is 0 Å². The molecule has 1 fully saturated rings. The summed E-state index contributed by atoms with van der Waals surface area (Å²) < 4.78 is 12.8. The molecule has 0 aliphatic carbocycles. The van der Waals surface area contributed by atoms with Crippen molar-refractivity contribution in [3.63, 3.8) is 0 Å². The molecule has 0 amide bonds. The van der Waals surface area contributed by atoms with Crippen LogP contribution in [0.5, 0.6) is 0 Å². The Morgan fingerprint density at radius 3 is 2.89 bits per heavy atom. The van der Waals surface area contributed by atoms with Gasteiger partial charge in [-0.05, 0) is 38.4 Å². The lowest BCUT2D eigenvalue weighted by Gasteiger charge is -2.36. The second-order valence-corrected chi connectivity index (χ2v) is 5.66. The van der Waals surface area contributed by atoms with E-state index in [1.807, 2.05) is 6.92 Å². The van der Waals surface area contributed by atoms with Crippen molar-refractivity contribution in [2.45, 2.75) is 45.3 Å². The smallest absolute Gasteiger partial charge is 0.141 e. The number of aliphatic hydroxyl groups is 1. The fraction of sp³-hybridized carbons (Fsp3) is 0.667. The number of halogens is 1. The summed E-state index contributed by atoms with van der Waals surface area (Å²) in [4.78, 5) is 6.40. The highest BCUT2D eigenvalue weighted by Gasteiger charge is 2.24. The van der Waals surface area contributed by atoms with Gasteiger partial charge in [-0.25, -0.2) is 4.39 Å². The minimum Gasteiger partial charge on any atom is -0.386 e. The lowest BCUT2D eigenvalue weighted by atomic mass is 9.97. The van der Waals surface area contributed by atoms with E-state index in [1.54, 1.807) is 6.07 Å². The monoisotopic (exact) mass is 266 g/mol. The van der Waals surface area contributed by atoms with Crippen molar-refractivity contribution in [2.75, 3.05) is 13.1 Å². The maximum Gasteiger partial charge on any atom is 0.141 e. The maximum atomic E-state index is 12.8. The molecule has 1 N–H and O–H groups in total. The molecule has 3 nitrogen and oxygen atoms in total. The van der Waals surface area contributed by atoms with Gasteiger partial charge in [-0.2, -0.15) is 0 Å². The second kappa shape index (κ2) is 6.44. The van der Waals surface area contributed by atoms with Crippen LogP contribution in [0.1, 0.15) is 44.9 Å². The Balaban J connectivity index is 1.94. The van der Waals surface area contributed by atoms with Gasteiger partial charge in [0.1, 0.15) is 5.82 Å². The Morgan fingerprint density at radius 2 is 2.26 bits per heavy atom. The number of hydrogen-bond acceptors (Lipinski definition) is 3. The third kappa shape index (κ3) is 3.74. The molecule has 1 aliphatic heterocycles. The van der Waals surface area contributed by atoms with Gasteiger partial charge in [-0.1, -0.05) is 13.3 Å². The Bertz CT molecular complexity index is 396. The number of piperidine rings is 1. The molecule has 106 valence electrons. The quantitative estimate of drug-likeness (QED) is 0.910. The van der Waals surface area contributed by atoms with Gasteiger partial charge >= 0.3 is 0 Å². The Labute approximate surface area is 114 Å². The van der Waals surface area contributed by atoms with E-state index in [4.69, 9.17) is 0 Å². The molecule has 19 heavy (non-hydrogen) atoms. The summed E-state index contributed by atoms with van der Waals surface area (Å²) in [5.41, 5.74) is 0.554. The summed E-state index contributed by atoms with van der Waals surface area (Å²) in [6.45, 7) is 6.24. The van der Waals surface area contributed by atoms with Crippen molar-refractivity contribution >= 4 is 0 Å². The van der Waals surface area contributed by atoms with Crippen LogP contribution in [-0.4, -0.2) is 34.1 Å². The molecule has 0 aromatic carbocycles. The van der Waals surface area contributed by atoms with Crippen molar-refractivity contribution in [3.8, 4) is 0 Å². The lowest BCUT2D eigenvalue weighted by Crippen LogP contribution is -2.41. The summed E-state index contributed by atoms with van der Waals surface area (Å²) in [5, 5.41) is 10.3. The van der Waals surface area contributed by atoms with Crippen LogP contribution in [0.25, 0.3) is 0 Å². The van der Waals surface area contributed by atoms with Crippen LogP contribution in [0.4, 0.5) is 4.39 Å². The first-order chi connectivity index (χ1) is 9.08. The SMILES string of the molecule is CC(CN1CCCCC1C)C(O)c1ccc(F)cn1. The van der Waals surface area contributed by atoms with E-state index in [0.29, 0.717) is 11.7 Å². The molecule has 1 aliphatic rings. The number of aliphatic hydroxyl groups excluding tert-OH is 1. The fourth-order valence-electron chi connectivity index (χ4n) is 2.75. The predicted octanol–water partition coefficient (Wildman–Crippen LogP) is 2.76. The molecular weight excluding hydrogens is 243 g/mol. The van der Waals surface area contributed by atoms with Gasteiger partial charge in [0.25, 0.3) is 0 Å². The van der Waals surface area contributed by atoms with Gasteiger partial charge in [0.05, 0.1) is 18.0 Å². The zero-order valence-corrected chi connectivity index (χ0v) is 11.7. The fourth-order valence-corrected chi connectivity index (χ4v) is 2.75. The second-order valence-electron chi connectivity index (χ2n) is 5.66. The van der Waals surface area contributed by atoms with Crippen molar-refractivity contribution in [3.05, 3.63) is 29.8 Å². The molecule has 0 saturated carbocycles. The molecule has 0 spiro atoms. The average Bonchev–Trinajstić information content (AvgIpc) is 2.41. The molecule has 3 unspecified atom stereocenters. The van der Waals surface area contributed by atoms with E-state index in [2.05, 4.69) is 16.8 Å². The van der Waals surface area contributed by atoms with Crippen LogP contribution in [0.3, 0.4) is 0 Å². The molecule has 0 radical (unpaired) electrons. The zero-order valence-electron chi connectivity index (χ0n) is 11.7. The van der Waals surface area contributed by atoms with Crippen LogP contribution < -0.4 is 0 Å². The van der Waals surface area contributed by atoms with E-state index in [9.17, 15) is 9.50 Å². The average molecular weight is 266 g/mol. The first-order valence-corrected chi connectivity index (χ1v) is 7.11. The summed E-state index contributed by atoms with van der Waals surface area (Å²) in [6, 6.07) is 3.50. The number of pyridine rings is 1. The van der Waals surface area contributed by atoms with Gasteiger partial charge in [0.2, 0.25) is 0 Å². The minimum atomic E-state index is -0.630. The van der Waals surface area contributed by atoms with Crippen molar-refractivity contribution < 1.29 is 9.50 Å². The third-order valence-electron chi connectivity index (χ3n) is 4.06. The Kier molecular flexibility index (Phi) is 4.88. The maximum absolute atomic E-state index is 12.8. The van der Waals surface area contributed by atoms with Crippen molar-refractivity contribution in [1.29, 1.82) is 0 Å². The number of likely N-dealkylation sites (tertiary alicyclic amines) is 1. The molecular formula is C15H23FN2O. The molecule has 2 rings (SSSR count). The molecule has 4 heteroatoms. The predicted molar refractivity (Wildman–Crippen MR) is 73.2 cm³/mol. The number of aromatic nitrogens is 1. The Morgan fingerprint density at radius 1 is 1.47 bits per heavy atom. The van der Waals surface area contributed by atoms with Gasteiger partial charge in [-0.15, -0.1) is 0 Å². The van der Waals surface area contributed by atoms with Gasteiger partial charge < -0.3 is 10.0 Å². The van der Waals surface area contributed by atoms with E-state index in [1.165, 1.54) is 25.3 Å². The summed E-state index contributed by atoms with van der Waals surface area (Å²) in [5.74, 6) is -0.272. The van der Waals surface area contributed by atoms with Crippen molar-refractivity contribution in [2.24, 2.45) is 5.92 Å². The van der Waals surface area contributed by atoms with Crippen LogP contribution in [-0.2, 0) is 0 Å². The van der Waals surface area contributed by atoms with Crippen molar-refractivity contribution in [1.82, 2.24) is 9.88 Å². The van der Waals surface area contributed by atoms with E-state index < -0.39 is 6.10 Å². The molecule has 1 saturated heterocycles. The van der Waals surface area contributed by atoms with E-state index >= 15 is 0 Å². The van der Waals surface area contributed by atoms with Gasteiger partial charge in [0, 0.05) is 18.5 Å². The number of rotatable bonds is 4. The van der Waals surface area contributed by atoms with Gasteiger partial charge in [-0.3, -0.25) is 4.98 Å². The highest BCUT2D eigenvalue weighted by molar-refractivity contribution is 5.09. The Hall–Kier alpha value is -1.00. The summed E-state index contributed by atoms with van der Waals surface area (Å²) in [7, 11) is 0. The molecule has 3 atom stereocenters. The van der Waals surface area contributed by atoms with Crippen LogP contribution in [0.15, 0.2) is 18.3 Å². The minimum absolute atomic E-state index is 0.0958. The largest absolute Gasteiger partial charge is 0.386 e. The standard InChI is InChI=1S/C15H23FN2O/c1-11(10-18-8-4-3-5-12(18)2)15(19)14-7-6-13(16)9-17-14/h6-7,9,11-12,15,19H,3-5,8,10H2,1-2H3. The normalized spacial score (nSPS) is 24.1. The van der Waals surface area contributed by atoms with Crippen LogP contribution in [0, 0.1) is 11.7 Å². The summed E-state index contributed by atoms with van der Waals surface area (Å²) in [6.07, 6.45) is 4.30. The highest BCUT2D eigenvalue weighted by Crippen LogP contribution is 2.24. The molecule has 1 aromatic rings. The number of nitrogens with zero attached hydrogens (tertiary/aromatic N) is 2. The van der Waals surface area contributed by atoms with Gasteiger partial charge in [0.15, 0.2) is 0 Å². The zero-order chi connectivity index (χ0) is 13.8. The number of hydrogen-bond donors (Lipinski definition) is 1. The molecule has 0 bridgehead atoms. The van der Waals surface area contributed by atoms with E-state index in [0.717, 1.165) is 19.3 Å².